The molecular weight excluding hydrogens is 306 g/mol. The van der Waals surface area contributed by atoms with E-state index in [1.165, 1.54) is 0 Å². The zero-order valence-electron chi connectivity index (χ0n) is 14.7. The van der Waals surface area contributed by atoms with Crippen LogP contribution in [0.25, 0.3) is 0 Å². The van der Waals surface area contributed by atoms with Crippen LogP contribution < -0.4 is 10.1 Å². The summed E-state index contributed by atoms with van der Waals surface area (Å²) < 4.78 is 5.13. The van der Waals surface area contributed by atoms with Crippen molar-refractivity contribution in [3.63, 3.8) is 0 Å². The molecule has 0 bridgehead atoms. The number of benzene rings is 1. The number of carbonyl (C=O) groups excluding carboxylic acids is 2. The Labute approximate surface area is 143 Å². The lowest BCUT2D eigenvalue weighted by Crippen LogP contribution is -2.34. The van der Waals surface area contributed by atoms with E-state index < -0.39 is 0 Å². The molecule has 1 N–H and O–H groups in total. The molecule has 24 heavy (non-hydrogen) atoms. The third-order valence-electron chi connectivity index (χ3n) is 4.20. The van der Waals surface area contributed by atoms with Gasteiger partial charge in [-0.1, -0.05) is 12.1 Å². The van der Waals surface area contributed by atoms with Crippen molar-refractivity contribution < 1.29 is 14.3 Å². The van der Waals surface area contributed by atoms with Gasteiger partial charge in [-0.15, -0.1) is 0 Å². The number of likely N-dealkylation sites (tertiary alicyclic amines) is 1. The van der Waals surface area contributed by atoms with E-state index in [4.69, 9.17) is 4.74 Å². The summed E-state index contributed by atoms with van der Waals surface area (Å²) in [5.74, 6) is 0.579. The van der Waals surface area contributed by atoms with Crippen LogP contribution in [-0.2, 0) is 16.1 Å². The third-order valence-corrected chi connectivity index (χ3v) is 4.20. The Kier molecular flexibility index (Phi) is 6.61. The van der Waals surface area contributed by atoms with Gasteiger partial charge in [0.2, 0.25) is 11.8 Å². The van der Waals surface area contributed by atoms with E-state index in [9.17, 15) is 9.59 Å². The molecule has 0 aliphatic carbocycles. The fraction of sp³-hybridized carbons (Fsp3) is 0.556. The first-order valence-corrected chi connectivity index (χ1v) is 8.32. The number of hydrogen-bond acceptors (Lipinski definition) is 4. The monoisotopic (exact) mass is 333 g/mol. The summed E-state index contributed by atoms with van der Waals surface area (Å²) >= 11 is 0. The molecule has 1 atom stereocenters. The summed E-state index contributed by atoms with van der Waals surface area (Å²) in [4.78, 5) is 28.2. The fourth-order valence-electron chi connectivity index (χ4n) is 2.80. The van der Waals surface area contributed by atoms with Gasteiger partial charge in [0.15, 0.2) is 0 Å². The second-order valence-electron chi connectivity index (χ2n) is 6.47. The van der Waals surface area contributed by atoms with Crippen LogP contribution in [-0.4, -0.2) is 62.5 Å². The fourth-order valence-corrected chi connectivity index (χ4v) is 2.80. The predicted molar refractivity (Wildman–Crippen MR) is 92.7 cm³/mol. The summed E-state index contributed by atoms with van der Waals surface area (Å²) in [5, 5.41) is 2.94. The van der Waals surface area contributed by atoms with E-state index in [-0.39, 0.29) is 17.7 Å². The van der Waals surface area contributed by atoms with Gasteiger partial charge in [-0.3, -0.25) is 9.59 Å². The quantitative estimate of drug-likeness (QED) is 0.724. The van der Waals surface area contributed by atoms with E-state index in [0.717, 1.165) is 24.3 Å². The first-order chi connectivity index (χ1) is 11.5. The van der Waals surface area contributed by atoms with Crippen molar-refractivity contribution in [2.24, 2.45) is 5.92 Å². The van der Waals surface area contributed by atoms with Crippen LogP contribution in [0.1, 0.15) is 18.4 Å². The van der Waals surface area contributed by atoms with Crippen LogP contribution in [0.4, 0.5) is 0 Å². The van der Waals surface area contributed by atoms with Gasteiger partial charge >= 0.3 is 0 Å². The standard InChI is InChI=1S/C18H27N3O3/c1-20(2)10-4-9-19-18(23)15-11-17(22)21(13-15)12-14-5-7-16(24-3)8-6-14/h5-8,15H,4,9-13H2,1-3H3,(H,19,23). The van der Waals surface area contributed by atoms with Gasteiger partial charge in [-0.25, -0.2) is 0 Å². The molecule has 0 radical (unpaired) electrons. The average Bonchev–Trinajstić information content (AvgIpc) is 2.93. The van der Waals surface area contributed by atoms with Gasteiger partial charge in [0.1, 0.15) is 5.75 Å². The largest absolute Gasteiger partial charge is 0.497 e. The Balaban J connectivity index is 1.80. The lowest BCUT2D eigenvalue weighted by molar-refractivity contribution is -0.129. The molecular formula is C18H27N3O3. The molecule has 6 heteroatoms. The van der Waals surface area contributed by atoms with Crippen molar-refractivity contribution in [2.45, 2.75) is 19.4 Å². The van der Waals surface area contributed by atoms with Crippen LogP contribution >= 0.6 is 0 Å². The predicted octanol–water partition coefficient (Wildman–Crippen LogP) is 1.11. The Bertz CT molecular complexity index is 557. The van der Waals surface area contributed by atoms with Crippen molar-refractivity contribution in [3.8, 4) is 5.75 Å². The third kappa shape index (κ3) is 5.23. The number of nitrogens with zero attached hydrogens (tertiary/aromatic N) is 2. The number of rotatable bonds is 8. The van der Waals surface area contributed by atoms with Crippen LogP contribution in [0, 0.1) is 5.92 Å². The number of nitrogens with one attached hydrogen (secondary N) is 1. The highest BCUT2D eigenvalue weighted by molar-refractivity contribution is 5.89. The molecule has 1 heterocycles. The Morgan fingerprint density at radius 1 is 1.33 bits per heavy atom. The minimum Gasteiger partial charge on any atom is -0.497 e. The summed E-state index contributed by atoms with van der Waals surface area (Å²) in [5.41, 5.74) is 1.04. The van der Waals surface area contributed by atoms with Gasteiger partial charge in [0.05, 0.1) is 13.0 Å². The van der Waals surface area contributed by atoms with Gasteiger partial charge in [-0.2, -0.15) is 0 Å². The summed E-state index contributed by atoms with van der Waals surface area (Å²) in [6.45, 7) is 2.62. The Morgan fingerprint density at radius 3 is 2.67 bits per heavy atom. The normalized spacial score (nSPS) is 17.4. The molecule has 132 valence electrons. The lowest BCUT2D eigenvalue weighted by Gasteiger charge is -2.17. The molecule has 6 nitrogen and oxygen atoms in total. The lowest BCUT2D eigenvalue weighted by atomic mass is 10.1. The van der Waals surface area contributed by atoms with E-state index in [1.54, 1.807) is 12.0 Å². The van der Waals surface area contributed by atoms with Crippen molar-refractivity contribution >= 4 is 11.8 Å². The van der Waals surface area contributed by atoms with Crippen molar-refractivity contribution in [2.75, 3.05) is 40.8 Å². The number of amides is 2. The molecule has 2 amide bonds. The molecule has 1 saturated heterocycles. The van der Waals surface area contributed by atoms with Crippen LogP contribution in [0.15, 0.2) is 24.3 Å². The molecule has 1 aromatic rings. The first-order valence-electron chi connectivity index (χ1n) is 8.32. The average molecular weight is 333 g/mol. The molecule has 2 rings (SSSR count). The summed E-state index contributed by atoms with van der Waals surface area (Å²) in [7, 11) is 5.64. The van der Waals surface area contributed by atoms with Crippen molar-refractivity contribution in [1.29, 1.82) is 0 Å². The van der Waals surface area contributed by atoms with Gasteiger partial charge in [0, 0.05) is 26.1 Å². The number of carbonyl (C=O) groups is 2. The first kappa shape index (κ1) is 18.3. The van der Waals surface area contributed by atoms with Crippen molar-refractivity contribution in [3.05, 3.63) is 29.8 Å². The van der Waals surface area contributed by atoms with Crippen LogP contribution in [0.3, 0.4) is 0 Å². The Hall–Kier alpha value is -2.08. The highest BCUT2D eigenvalue weighted by Gasteiger charge is 2.33. The molecule has 1 unspecified atom stereocenters. The summed E-state index contributed by atoms with van der Waals surface area (Å²) in [6, 6.07) is 7.65. The highest BCUT2D eigenvalue weighted by Crippen LogP contribution is 2.21. The van der Waals surface area contributed by atoms with E-state index in [1.807, 2.05) is 38.4 Å². The minimum absolute atomic E-state index is 0.0145. The zero-order chi connectivity index (χ0) is 17.5. The second kappa shape index (κ2) is 8.68. The smallest absolute Gasteiger partial charge is 0.225 e. The summed E-state index contributed by atoms with van der Waals surface area (Å²) in [6.07, 6.45) is 1.21. The maximum absolute atomic E-state index is 12.2. The van der Waals surface area contributed by atoms with E-state index in [0.29, 0.717) is 26.1 Å². The van der Waals surface area contributed by atoms with E-state index >= 15 is 0 Å². The van der Waals surface area contributed by atoms with Gasteiger partial charge < -0.3 is 19.9 Å². The molecule has 1 aliphatic heterocycles. The molecule has 1 aromatic carbocycles. The number of methoxy groups -OCH3 is 1. The van der Waals surface area contributed by atoms with E-state index in [2.05, 4.69) is 10.2 Å². The SMILES string of the molecule is COc1ccc(CN2CC(C(=O)NCCCN(C)C)CC2=O)cc1. The highest BCUT2D eigenvalue weighted by atomic mass is 16.5. The molecule has 1 aliphatic rings. The Morgan fingerprint density at radius 2 is 2.04 bits per heavy atom. The molecule has 1 fully saturated rings. The zero-order valence-corrected chi connectivity index (χ0v) is 14.7. The van der Waals surface area contributed by atoms with Crippen molar-refractivity contribution in [1.82, 2.24) is 15.1 Å². The topological polar surface area (TPSA) is 61.9 Å². The van der Waals surface area contributed by atoms with Gasteiger partial charge in [0.25, 0.3) is 0 Å². The second-order valence-corrected chi connectivity index (χ2v) is 6.47. The minimum atomic E-state index is -0.241. The maximum Gasteiger partial charge on any atom is 0.225 e. The maximum atomic E-state index is 12.2. The molecule has 0 spiro atoms. The molecule has 0 aromatic heterocycles. The van der Waals surface area contributed by atoms with Crippen LogP contribution in [0.5, 0.6) is 5.75 Å². The number of ether oxygens (including phenoxy) is 1. The van der Waals surface area contributed by atoms with Gasteiger partial charge in [-0.05, 0) is 44.8 Å². The van der Waals surface area contributed by atoms with Crippen LogP contribution in [0.2, 0.25) is 0 Å². The molecule has 0 saturated carbocycles. The number of hydrogen-bond donors (Lipinski definition) is 1.